The van der Waals surface area contributed by atoms with Crippen molar-refractivity contribution in [2.75, 3.05) is 6.54 Å². The maximum atomic E-state index is 10.9. The zero-order valence-corrected chi connectivity index (χ0v) is 7.39. The van der Waals surface area contributed by atoms with E-state index < -0.39 is 0 Å². The minimum absolute atomic E-state index is 0.230. The molecule has 1 saturated heterocycles. The summed E-state index contributed by atoms with van der Waals surface area (Å²) in [6, 6.07) is 0. The van der Waals surface area contributed by atoms with Crippen molar-refractivity contribution in [2.45, 2.75) is 33.1 Å². The van der Waals surface area contributed by atoms with Gasteiger partial charge in [0.15, 0.2) is 0 Å². The lowest BCUT2D eigenvalue weighted by molar-refractivity contribution is -0.120. The van der Waals surface area contributed by atoms with Gasteiger partial charge in [-0.1, -0.05) is 13.8 Å². The van der Waals surface area contributed by atoms with Crippen LogP contribution in [0.25, 0.3) is 0 Å². The van der Waals surface area contributed by atoms with Crippen LogP contribution in [0, 0.1) is 11.8 Å². The monoisotopic (exact) mass is 155 g/mol. The van der Waals surface area contributed by atoms with Crippen molar-refractivity contribution in [3.05, 3.63) is 0 Å². The largest absolute Gasteiger partial charge is 0.356 e. The Morgan fingerprint density at radius 2 is 2.18 bits per heavy atom. The number of amides is 1. The highest BCUT2D eigenvalue weighted by Crippen LogP contribution is 2.21. The van der Waals surface area contributed by atoms with Gasteiger partial charge in [-0.25, -0.2) is 0 Å². The van der Waals surface area contributed by atoms with Crippen molar-refractivity contribution in [1.82, 2.24) is 5.32 Å². The van der Waals surface area contributed by atoms with E-state index in [-0.39, 0.29) is 5.91 Å². The summed E-state index contributed by atoms with van der Waals surface area (Å²) >= 11 is 0. The van der Waals surface area contributed by atoms with Crippen molar-refractivity contribution in [3.63, 3.8) is 0 Å². The van der Waals surface area contributed by atoms with E-state index in [4.69, 9.17) is 0 Å². The van der Waals surface area contributed by atoms with Crippen LogP contribution in [-0.4, -0.2) is 12.5 Å². The number of rotatable bonds is 1. The predicted octanol–water partition coefficient (Wildman–Crippen LogP) is 1.56. The third-order valence-corrected chi connectivity index (χ3v) is 2.52. The molecule has 1 amide bonds. The molecule has 0 bridgehead atoms. The Labute approximate surface area is 68.4 Å². The Bertz CT molecular complexity index is 142. The Morgan fingerprint density at radius 3 is 2.82 bits per heavy atom. The summed E-state index contributed by atoms with van der Waals surface area (Å²) in [5, 5.41) is 2.89. The molecule has 64 valence electrons. The molecule has 11 heavy (non-hydrogen) atoms. The second kappa shape index (κ2) is 3.74. The molecule has 0 saturated carbocycles. The van der Waals surface area contributed by atoms with E-state index in [1.54, 1.807) is 0 Å². The summed E-state index contributed by atoms with van der Waals surface area (Å²) in [7, 11) is 0. The van der Waals surface area contributed by atoms with Gasteiger partial charge < -0.3 is 5.32 Å². The average molecular weight is 155 g/mol. The number of hydrogen-bond donors (Lipinski definition) is 1. The van der Waals surface area contributed by atoms with E-state index in [2.05, 4.69) is 19.2 Å². The third kappa shape index (κ3) is 2.52. The van der Waals surface area contributed by atoms with Crippen LogP contribution in [0.2, 0.25) is 0 Å². The predicted molar refractivity (Wildman–Crippen MR) is 45.2 cm³/mol. The van der Waals surface area contributed by atoms with Gasteiger partial charge >= 0.3 is 0 Å². The van der Waals surface area contributed by atoms with Crippen LogP contribution in [-0.2, 0) is 4.79 Å². The zero-order chi connectivity index (χ0) is 8.27. The van der Waals surface area contributed by atoms with E-state index in [1.807, 2.05) is 0 Å². The zero-order valence-electron chi connectivity index (χ0n) is 7.39. The van der Waals surface area contributed by atoms with Gasteiger partial charge in [-0.05, 0) is 24.7 Å². The first kappa shape index (κ1) is 8.57. The summed E-state index contributed by atoms with van der Waals surface area (Å²) in [6.45, 7) is 5.35. The first-order valence-electron chi connectivity index (χ1n) is 4.47. The molecule has 1 atom stereocenters. The molecule has 1 heterocycles. The normalized spacial score (nSPS) is 26.5. The Hall–Kier alpha value is -0.530. The topological polar surface area (TPSA) is 29.1 Å². The molecule has 2 nitrogen and oxygen atoms in total. The molecular weight excluding hydrogens is 138 g/mol. The molecule has 1 fully saturated rings. The highest BCUT2D eigenvalue weighted by atomic mass is 16.1. The van der Waals surface area contributed by atoms with Crippen molar-refractivity contribution in [1.29, 1.82) is 0 Å². The minimum atomic E-state index is 0.230. The van der Waals surface area contributed by atoms with Gasteiger partial charge in [0.25, 0.3) is 0 Å². The molecule has 0 spiro atoms. The molecule has 1 aliphatic rings. The summed E-state index contributed by atoms with van der Waals surface area (Å²) < 4.78 is 0. The third-order valence-electron chi connectivity index (χ3n) is 2.52. The Morgan fingerprint density at radius 1 is 1.45 bits per heavy atom. The fourth-order valence-electron chi connectivity index (χ4n) is 1.61. The smallest absolute Gasteiger partial charge is 0.220 e. The van der Waals surface area contributed by atoms with E-state index in [9.17, 15) is 4.79 Å². The summed E-state index contributed by atoms with van der Waals surface area (Å²) in [4.78, 5) is 10.9. The number of hydrogen-bond acceptors (Lipinski definition) is 1. The maximum Gasteiger partial charge on any atom is 0.220 e. The van der Waals surface area contributed by atoms with Crippen molar-refractivity contribution >= 4 is 5.91 Å². The van der Waals surface area contributed by atoms with E-state index in [0.717, 1.165) is 37.6 Å². The summed E-state index contributed by atoms with van der Waals surface area (Å²) in [5.41, 5.74) is 0. The van der Waals surface area contributed by atoms with Crippen LogP contribution in [0.5, 0.6) is 0 Å². The van der Waals surface area contributed by atoms with E-state index in [1.165, 1.54) is 0 Å². The lowest BCUT2D eigenvalue weighted by atomic mass is 9.89. The number of carbonyl (C=O) groups excluding carboxylic acids is 1. The Balaban J connectivity index is 2.40. The number of nitrogens with one attached hydrogen (secondary N) is 1. The van der Waals surface area contributed by atoms with Crippen LogP contribution >= 0.6 is 0 Å². The van der Waals surface area contributed by atoms with E-state index >= 15 is 0 Å². The van der Waals surface area contributed by atoms with Crippen LogP contribution < -0.4 is 5.32 Å². The summed E-state index contributed by atoms with van der Waals surface area (Å²) in [6.07, 6.45) is 2.95. The molecule has 1 aliphatic heterocycles. The molecule has 2 heteroatoms. The minimum Gasteiger partial charge on any atom is -0.356 e. The highest BCUT2D eigenvalue weighted by molar-refractivity contribution is 5.76. The lowest BCUT2D eigenvalue weighted by Gasteiger charge is -2.16. The standard InChI is InChI=1S/C9H17NO/c1-7(2)8-3-4-9(11)10-6-5-8/h7-8H,3-6H2,1-2H3,(H,10,11). The molecule has 0 aliphatic carbocycles. The van der Waals surface area contributed by atoms with Crippen molar-refractivity contribution in [2.24, 2.45) is 11.8 Å². The van der Waals surface area contributed by atoms with Crippen LogP contribution in [0.15, 0.2) is 0 Å². The molecule has 0 aromatic carbocycles. The summed E-state index contributed by atoms with van der Waals surface area (Å²) in [5.74, 6) is 1.70. The van der Waals surface area contributed by atoms with Gasteiger partial charge in [0.1, 0.15) is 0 Å². The lowest BCUT2D eigenvalue weighted by Crippen LogP contribution is -2.21. The highest BCUT2D eigenvalue weighted by Gasteiger charge is 2.18. The van der Waals surface area contributed by atoms with Gasteiger partial charge in [-0.3, -0.25) is 4.79 Å². The maximum absolute atomic E-state index is 10.9. The van der Waals surface area contributed by atoms with Crippen LogP contribution in [0.3, 0.4) is 0 Å². The van der Waals surface area contributed by atoms with Gasteiger partial charge in [0, 0.05) is 13.0 Å². The van der Waals surface area contributed by atoms with E-state index in [0.29, 0.717) is 0 Å². The number of carbonyl (C=O) groups is 1. The molecular formula is C9H17NO. The van der Waals surface area contributed by atoms with Gasteiger partial charge in [0.05, 0.1) is 0 Å². The molecule has 1 N–H and O–H groups in total. The van der Waals surface area contributed by atoms with Crippen molar-refractivity contribution in [3.8, 4) is 0 Å². The quantitative estimate of drug-likeness (QED) is 0.611. The Kier molecular flexibility index (Phi) is 2.92. The van der Waals surface area contributed by atoms with Gasteiger partial charge in [0.2, 0.25) is 5.91 Å². The first-order valence-corrected chi connectivity index (χ1v) is 4.47. The second-order valence-corrected chi connectivity index (χ2v) is 3.68. The van der Waals surface area contributed by atoms with Gasteiger partial charge in [-0.2, -0.15) is 0 Å². The fraction of sp³-hybridized carbons (Fsp3) is 0.889. The van der Waals surface area contributed by atoms with Gasteiger partial charge in [-0.15, -0.1) is 0 Å². The molecule has 0 radical (unpaired) electrons. The second-order valence-electron chi connectivity index (χ2n) is 3.68. The first-order chi connectivity index (χ1) is 5.20. The van der Waals surface area contributed by atoms with Crippen molar-refractivity contribution < 1.29 is 4.79 Å². The molecule has 1 rings (SSSR count). The average Bonchev–Trinajstić information content (AvgIpc) is 2.13. The fourth-order valence-corrected chi connectivity index (χ4v) is 1.61. The SMILES string of the molecule is CC(C)C1CCNC(=O)CC1. The van der Waals surface area contributed by atoms with Crippen LogP contribution in [0.1, 0.15) is 33.1 Å². The molecule has 0 aromatic rings. The molecule has 0 aromatic heterocycles. The molecule has 1 unspecified atom stereocenters. The van der Waals surface area contributed by atoms with Crippen LogP contribution in [0.4, 0.5) is 0 Å².